The fourth-order valence-corrected chi connectivity index (χ4v) is 1.75. The summed E-state index contributed by atoms with van der Waals surface area (Å²) < 4.78 is 5.88. The highest BCUT2D eigenvalue weighted by molar-refractivity contribution is 6.30. The molecule has 2 N–H and O–H groups in total. The molecule has 0 spiro atoms. The molecule has 21 heavy (non-hydrogen) atoms. The van der Waals surface area contributed by atoms with Gasteiger partial charge >= 0.3 is 12.0 Å². The quantitative estimate of drug-likeness (QED) is 0.849. The van der Waals surface area contributed by atoms with Crippen LogP contribution in [0.4, 0.5) is 16.3 Å². The number of anilines is 2. The molecule has 0 aliphatic carbocycles. The van der Waals surface area contributed by atoms with Crippen LogP contribution in [0, 0.1) is 0 Å². The zero-order valence-corrected chi connectivity index (χ0v) is 11.9. The van der Waals surface area contributed by atoms with Gasteiger partial charge in [0.25, 0.3) is 0 Å². The van der Waals surface area contributed by atoms with Crippen molar-refractivity contribution in [3.63, 3.8) is 0 Å². The third-order valence-corrected chi connectivity index (χ3v) is 2.72. The summed E-state index contributed by atoms with van der Waals surface area (Å²) in [6.07, 6.45) is 1.56. The Morgan fingerprint density at radius 3 is 2.86 bits per heavy atom. The van der Waals surface area contributed by atoms with Gasteiger partial charge in [0.1, 0.15) is 6.54 Å². The number of carbonyl (C=O) groups is 2. The van der Waals surface area contributed by atoms with Crippen LogP contribution in [-0.2, 0) is 16.1 Å². The van der Waals surface area contributed by atoms with Crippen molar-refractivity contribution in [2.75, 3.05) is 17.7 Å². The highest BCUT2D eigenvalue weighted by Crippen LogP contribution is 2.15. The molecule has 2 amide bonds. The normalized spacial score (nSPS) is 10.0. The summed E-state index contributed by atoms with van der Waals surface area (Å²) in [5.41, 5.74) is 0.564. The zero-order valence-electron chi connectivity index (χ0n) is 11.2. The van der Waals surface area contributed by atoms with E-state index < -0.39 is 12.0 Å². The van der Waals surface area contributed by atoms with Crippen LogP contribution < -0.4 is 10.6 Å². The van der Waals surface area contributed by atoms with Crippen LogP contribution >= 0.6 is 11.6 Å². The summed E-state index contributed by atoms with van der Waals surface area (Å²) >= 11 is 5.82. The summed E-state index contributed by atoms with van der Waals surface area (Å²) in [5.74, 6) is -0.105. The molecular formula is C13H13ClN4O3. The van der Waals surface area contributed by atoms with Gasteiger partial charge in [-0.2, -0.15) is 5.10 Å². The van der Waals surface area contributed by atoms with E-state index in [0.29, 0.717) is 16.5 Å². The molecule has 2 rings (SSSR count). The number of hydrogen-bond donors (Lipinski definition) is 2. The smallest absolute Gasteiger partial charge is 0.327 e. The fraction of sp³-hybridized carbons (Fsp3) is 0.154. The molecule has 110 valence electrons. The first-order valence-electron chi connectivity index (χ1n) is 6.00. The third kappa shape index (κ3) is 4.50. The van der Waals surface area contributed by atoms with Crippen molar-refractivity contribution in [2.45, 2.75) is 6.54 Å². The molecule has 0 saturated carbocycles. The highest BCUT2D eigenvalue weighted by atomic mass is 35.5. The molecule has 0 aliphatic rings. The molecule has 0 radical (unpaired) electrons. The maximum absolute atomic E-state index is 11.8. The maximum Gasteiger partial charge on any atom is 0.327 e. The van der Waals surface area contributed by atoms with Gasteiger partial charge in [0, 0.05) is 23.0 Å². The van der Waals surface area contributed by atoms with Crippen LogP contribution in [-0.4, -0.2) is 28.9 Å². The standard InChI is InChI=1S/C13H13ClN4O3/c1-21-12(19)8-18-6-5-11(17-18)16-13(20)15-10-4-2-3-9(14)7-10/h2-7H,8H2,1H3,(H2,15,16,17,20). The van der Waals surface area contributed by atoms with Gasteiger partial charge in [-0.05, 0) is 18.2 Å². The van der Waals surface area contributed by atoms with E-state index in [4.69, 9.17) is 11.6 Å². The lowest BCUT2D eigenvalue weighted by Gasteiger charge is -2.05. The molecule has 1 aromatic carbocycles. The van der Waals surface area contributed by atoms with Crippen molar-refractivity contribution in [3.05, 3.63) is 41.6 Å². The SMILES string of the molecule is COC(=O)Cn1ccc(NC(=O)Nc2cccc(Cl)c2)n1. The predicted octanol–water partition coefficient (Wildman–Crippen LogP) is 2.35. The summed E-state index contributed by atoms with van der Waals surface area (Å²) in [4.78, 5) is 22.9. The molecular weight excluding hydrogens is 296 g/mol. The van der Waals surface area contributed by atoms with Crippen molar-refractivity contribution >= 4 is 35.1 Å². The number of esters is 1. The van der Waals surface area contributed by atoms with E-state index >= 15 is 0 Å². The summed E-state index contributed by atoms with van der Waals surface area (Å²) in [5, 5.41) is 9.70. The van der Waals surface area contributed by atoms with Crippen molar-refractivity contribution in [3.8, 4) is 0 Å². The van der Waals surface area contributed by atoms with Crippen molar-refractivity contribution in [1.82, 2.24) is 9.78 Å². The number of nitrogens with one attached hydrogen (secondary N) is 2. The molecule has 0 atom stereocenters. The molecule has 1 heterocycles. The second-order valence-corrected chi connectivity index (χ2v) is 4.50. The first-order chi connectivity index (χ1) is 10.1. The van der Waals surface area contributed by atoms with Gasteiger partial charge in [0.15, 0.2) is 5.82 Å². The molecule has 7 nitrogen and oxygen atoms in total. The lowest BCUT2D eigenvalue weighted by molar-refractivity contribution is -0.141. The average molecular weight is 309 g/mol. The maximum atomic E-state index is 11.8. The number of ether oxygens (including phenoxy) is 1. The van der Waals surface area contributed by atoms with Gasteiger partial charge < -0.3 is 10.1 Å². The number of aromatic nitrogens is 2. The van der Waals surface area contributed by atoms with E-state index in [1.807, 2.05) is 0 Å². The molecule has 0 bridgehead atoms. The largest absolute Gasteiger partial charge is 0.468 e. The van der Waals surface area contributed by atoms with Gasteiger partial charge in [-0.3, -0.25) is 14.8 Å². The average Bonchev–Trinajstić information content (AvgIpc) is 2.85. The number of carbonyl (C=O) groups excluding carboxylic acids is 2. The summed E-state index contributed by atoms with van der Waals surface area (Å²) in [7, 11) is 1.30. The van der Waals surface area contributed by atoms with E-state index in [9.17, 15) is 9.59 Å². The number of urea groups is 1. The Balaban J connectivity index is 1.92. The minimum absolute atomic E-state index is 0.0197. The Morgan fingerprint density at radius 2 is 2.14 bits per heavy atom. The monoisotopic (exact) mass is 308 g/mol. The van der Waals surface area contributed by atoms with Gasteiger partial charge in [0.2, 0.25) is 0 Å². The van der Waals surface area contributed by atoms with Crippen LogP contribution in [0.15, 0.2) is 36.5 Å². The predicted molar refractivity (Wildman–Crippen MR) is 78.3 cm³/mol. The number of hydrogen-bond acceptors (Lipinski definition) is 4. The van der Waals surface area contributed by atoms with E-state index in [2.05, 4.69) is 20.5 Å². The molecule has 0 fully saturated rings. The van der Waals surface area contributed by atoms with E-state index in [-0.39, 0.29) is 6.54 Å². The lowest BCUT2D eigenvalue weighted by Crippen LogP contribution is -2.20. The molecule has 2 aromatic rings. The Hall–Kier alpha value is -2.54. The van der Waals surface area contributed by atoms with Gasteiger partial charge in [-0.15, -0.1) is 0 Å². The van der Waals surface area contributed by atoms with Crippen LogP contribution in [0.3, 0.4) is 0 Å². The topological polar surface area (TPSA) is 85.2 Å². The zero-order chi connectivity index (χ0) is 15.2. The summed E-state index contributed by atoms with van der Waals surface area (Å²) in [6, 6.07) is 7.88. The van der Waals surface area contributed by atoms with E-state index in [0.717, 1.165) is 0 Å². The number of methoxy groups -OCH3 is 1. The van der Waals surface area contributed by atoms with Gasteiger partial charge in [0.05, 0.1) is 7.11 Å². The van der Waals surface area contributed by atoms with Crippen LogP contribution in [0.25, 0.3) is 0 Å². The molecule has 0 saturated heterocycles. The number of halogens is 1. The lowest BCUT2D eigenvalue weighted by atomic mass is 10.3. The van der Waals surface area contributed by atoms with E-state index in [1.54, 1.807) is 36.5 Å². The Kier molecular flexibility index (Phi) is 4.78. The third-order valence-electron chi connectivity index (χ3n) is 2.48. The van der Waals surface area contributed by atoms with Crippen LogP contribution in [0.1, 0.15) is 0 Å². The Labute approximate surface area is 125 Å². The van der Waals surface area contributed by atoms with E-state index in [1.165, 1.54) is 11.8 Å². The van der Waals surface area contributed by atoms with Crippen molar-refractivity contribution in [2.24, 2.45) is 0 Å². The van der Waals surface area contributed by atoms with Crippen molar-refractivity contribution in [1.29, 1.82) is 0 Å². The second kappa shape index (κ2) is 6.76. The minimum atomic E-state index is -0.458. The number of benzene rings is 1. The fourth-order valence-electron chi connectivity index (χ4n) is 1.56. The molecule has 0 aliphatic heterocycles. The molecule has 8 heteroatoms. The second-order valence-electron chi connectivity index (χ2n) is 4.06. The number of rotatable bonds is 4. The minimum Gasteiger partial charge on any atom is -0.468 e. The Morgan fingerprint density at radius 1 is 1.33 bits per heavy atom. The molecule has 0 unspecified atom stereocenters. The molecule has 1 aromatic heterocycles. The summed E-state index contributed by atoms with van der Waals surface area (Å²) in [6.45, 7) is -0.0197. The first kappa shape index (κ1) is 14.9. The van der Waals surface area contributed by atoms with Gasteiger partial charge in [-0.1, -0.05) is 17.7 Å². The van der Waals surface area contributed by atoms with Crippen molar-refractivity contribution < 1.29 is 14.3 Å². The highest BCUT2D eigenvalue weighted by Gasteiger charge is 2.07. The number of amides is 2. The van der Waals surface area contributed by atoms with Gasteiger partial charge in [-0.25, -0.2) is 4.79 Å². The Bertz CT molecular complexity index is 656. The first-order valence-corrected chi connectivity index (χ1v) is 6.38. The van der Waals surface area contributed by atoms with Crippen LogP contribution in [0.5, 0.6) is 0 Å². The number of nitrogens with zero attached hydrogens (tertiary/aromatic N) is 2. The van der Waals surface area contributed by atoms with Crippen LogP contribution in [0.2, 0.25) is 5.02 Å².